The van der Waals surface area contributed by atoms with E-state index in [2.05, 4.69) is 25.9 Å². The molecule has 88 valence electrons. The van der Waals surface area contributed by atoms with E-state index < -0.39 is 9.84 Å². The third-order valence-corrected chi connectivity index (χ3v) is 4.32. The average molecular weight is 313 g/mol. The summed E-state index contributed by atoms with van der Waals surface area (Å²) in [6.07, 6.45) is 4.21. The van der Waals surface area contributed by atoms with Crippen LogP contribution >= 0.6 is 15.9 Å². The molecule has 0 saturated heterocycles. The molecule has 0 radical (unpaired) electrons. The Hall–Kier alpha value is -1.27. The van der Waals surface area contributed by atoms with Gasteiger partial charge in [-0.05, 0) is 41.1 Å². The number of hydrogen-bond donors (Lipinski definition) is 0. The lowest BCUT2D eigenvalue weighted by molar-refractivity contribution is 0.595. The second-order valence-corrected chi connectivity index (χ2v) is 6.34. The number of rotatable bonds is 2. The number of hydrogen-bond acceptors (Lipinski definition) is 4. The summed E-state index contributed by atoms with van der Waals surface area (Å²) in [6, 6.07) is 4.72. The molecule has 0 aliphatic carbocycles. The fourth-order valence-electron chi connectivity index (χ4n) is 1.29. The van der Waals surface area contributed by atoms with Gasteiger partial charge in [-0.1, -0.05) is 0 Å². The minimum atomic E-state index is -3.53. The van der Waals surface area contributed by atoms with Gasteiger partial charge in [0.1, 0.15) is 0 Å². The highest BCUT2D eigenvalue weighted by Crippen LogP contribution is 2.21. The van der Waals surface area contributed by atoms with E-state index >= 15 is 0 Å². The largest absolute Gasteiger partial charge is 0.262 e. The maximum atomic E-state index is 12.2. The first-order chi connectivity index (χ1) is 8.00. The number of aryl methyl sites for hydroxylation is 1. The average Bonchev–Trinajstić information content (AvgIpc) is 2.29. The predicted octanol–water partition coefficient (Wildman–Crippen LogP) is 2.38. The predicted molar refractivity (Wildman–Crippen MR) is 66.4 cm³/mol. The van der Waals surface area contributed by atoms with Crippen LogP contribution in [0.15, 0.2) is 51.1 Å². The van der Waals surface area contributed by atoms with Gasteiger partial charge in [-0.25, -0.2) is 8.42 Å². The third-order valence-electron chi connectivity index (χ3n) is 2.18. The first kappa shape index (κ1) is 12.2. The van der Waals surface area contributed by atoms with E-state index in [1.807, 2.05) is 0 Å². The first-order valence-corrected chi connectivity index (χ1v) is 7.06. The summed E-state index contributed by atoms with van der Waals surface area (Å²) in [5, 5.41) is 0. The fraction of sp³-hybridized carbons (Fsp3) is 0.0909. The monoisotopic (exact) mass is 312 g/mol. The Labute approximate surface area is 108 Å². The van der Waals surface area contributed by atoms with Gasteiger partial charge in [0.15, 0.2) is 0 Å². The number of pyridine rings is 2. The van der Waals surface area contributed by atoms with Crippen LogP contribution in [-0.4, -0.2) is 18.4 Å². The topological polar surface area (TPSA) is 59.9 Å². The lowest BCUT2D eigenvalue weighted by atomic mass is 10.4. The van der Waals surface area contributed by atoms with Crippen LogP contribution in [0, 0.1) is 6.92 Å². The second-order valence-electron chi connectivity index (χ2n) is 3.48. The molecule has 2 heterocycles. The Kier molecular flexibility index (Phi) is 3.26. The first-order valence-electron chi connectivity index (χ1n) is 4.78. The van der Waals surface area contributed by atoms with Crippen molar-refractivity contribution in [2.24, 2.45) is 0 Å². The van der Waals surface area contributed by atoms with Crippen LogP contribution in [-0.2, 0) is 9.84 Å². The van der Waals surface area contributed by atoms with E-state index in [4.69, 9.17) is 0 Å². The highest BCUT2D eigenvalue weighted by molar-refractivity contribution is 9.10. The van der Waals surface area contributed by atoms with Gasteiger partial charge >= 0.3 is 0 Å². The van der Waals surface area contributed by atoms with Gasteiger partial charge in [-0.2, -0.15) is 0 Å². The summed E-state index contributed by atoms with van der Waals surface area (Å²) in [5.41, 5.74) is 0.774. The van der Waals surface area contributed by atoms with E-state index in [1.54, 1.807) is 19.1 Å². The molecule has 0 atom stereocenters. The fourth-order valence-corrected chi connectivity index (χ4v) is 3.00. The Morgan fingerprint density at radius 2 is 1.88 bits per heavy atom. The van der Waals surface area contributed by atoms with Crippen LogP contribution in [0.3, 0.4) is 0 Å². The lowest BCUT2D eigenvalue weighted by Gasteiger charge is -2.04. The molecule has 0 saturated carbocycles. The molecular formula is C11H9BrN2O2S. The number of aromatic nitrogens is 2. The third kappa shape index (κ3) is 2.53. The smallest absolute Gasteiger partial charge is 0.209 e. The van der Waals surface area contributed by atoms with Crippen molar-refractivity contribution in [3.63, 3.8) is 0 Å². The van der Waals surface area contributed by atoms with Crippen molar-refractivity contribution in [1.29, 1.82) is 0 Å². The van der Waals surface area contributed by atoms with Gasteiger partial charge < -0.3 is 0 Å². The highest BCUT2D eigenvalue weighted by Gasteiger charge is 2.18. The molecule has 0 spiro atoms. The van der Waals surface area contributed by atoms with E-state index in [0.717, 1.165) is 5.69 Å². The summed E-state index contributed by atoms with van der Waals surface area (Å²) in [7, 11) is -3.53. The molecule has 0 amide bonds. The molecule has 0 aliphatic heterocycles. The maximum Gasteiger partial charge on any atom is 0.209 e. The van der Waals surface area contributed by atoms with E-state index in [1.165, 1.54) is 24.7 Å². The normalized spacial score (nSPS) is 11.4. The van der Waals surface area contributed by atoms with Crippen molar-refractivity contribution in [2.45, 2.75) is 16.7 Å². The van der Waals surface area contributed by atoms with Crippen molar-refractivity contribution < 1.29 is 8.42 Å². The van der Waals surface area contributed by atoms with Crippen molar-refractivity contribution >= 4 is 25.8 Å². The molecular weight excluding hydrogens is 304 g/mol. The zero-order valence-electron chi connectivity index (χ0n) is 8.96. The lowest BCUT2D eigenvalue weighted by Crippen LogP contribution is -2.03. The van der Waals surface area contributed by atoms with Gasteiger partial charge in [0, 0.05) is 28.8 Å². The van der Waals surface area contributed by atoms with Crippen LogP contribution in [0.25, 0.3) is 0 Å². The van der Waals surface area contributed by atoms with Gasteiger partial charge in [0.2, 0.25) is 9.84 Å². The number of halogens is 1. The van der Waals surface area contributed by atoms with E-state index in [-0.39, 0.29) is 9.79 Å². The molecule has 0 N–H and O–H groups in total. The summed E-state index contributed by atoms with van der Waals surface area (Å²) < 4.78 is 25.0. The molecule has 0 fully saturated rings. The van der Waals surface area contributed by atoms with Crippen LogP contribution in [0.2, 0.25) is 0 Å². The molecule has 4 nitrogen and oxygen atoms in total. The Morgan fingerprint density at radius 3 is 2.47 bits per heavy atom. The Balaban J connectivity index is 2.54. The summed E-state index contributed by atoms with van der Waals surface area (Å²) in [6.45, 7) is 1.80. The van der Waals surface area contributed by atoms with Gasteiger partial charge in [-0.3, -0.25) is 9.97 Å². The van der Waals surface area contributed by atoms with Crippen LogP contribution in [0.4, 0.5) is 0 Å². The summed E-state index contributed by atoms with van der Waals surface area (Å²) in [5.74, 6) is 0. The Bertz CT molecular complexity index is 639. The minimum Gasteiger partial charge on any atom is -0.262 e. The molecule has 0 aromatic carbocycles. The van der Waals surface area contributed by atoms with Gasteiger partial charge in [0.25, 0.3) is 0 Å². The summed E-state index contributed by atoms with van der Waals surface area (Å²) >= 11 is 3.20. The molecule has 6 heteroatoms. The van der Waals surface area contributed by atoms with Crippen molar-refractivity contribution in [3.05, 3.63) is 47.0 Å². The number of sulfone groups is 1. The molecule has 2 rings (SSSR count). The highest BCUT2D eigenvalue weighted by atomic mass is 79.9. The molecule has 2 aromatic heterocycles. The quantitative estimate of drug-likeness (QED) is 0.854. The van der Waals surface area contributed by atoms with Crippen LogP contribution in [0.1, 0.15) is 5.69 Å². The molecule has 0 unspecified atom stereocenters. The van der Waals surface area contributed by atoms with Gasteiger partial charge in [0.05, 0.1) is 9.79 Å². The molecule has 0 bridgehead atoms. The van der Waals surface area contributed by atoms with Crippen LogP contribution < -0.4 is 0 Å². The Morgan fingerprint density at radius 1 is 1.12 bits per heavy atom. The van der Waals surface area contributed by atoms with Crippen molar-refractivity contribution in [1.82, 2.24) is 9.97 Å². The van der Waals surface area contributed by atoms with Crippen molar-refractivity contribution in [3.8, 4) is 0 Å². The number of nitrogens with zero attached hydrogens (tertiary/aromatic N) is 2. The minimum absolute atomic E-state index is 0.150. The zero-order valence-corrected chi connectivity index (χ0v) is 11.4. The molecule has 0 aliphatic rings. The maximum absolute atomic E-state index is 12.2. The standard InChI is InChI=1S/C11H9BrN2O2S/c1-8-2-3-10(7-14-8)17(15,16)11-4-9(12)5-13-6-11/h2-7H,1H3. The molecule has 2 aromatic rings. The van der Waals surface area contributed by atoms with Gasteiger partial charge in [-0.15, -0.1) is 0 Å². The van der Waals surface area contributed by atoms with Crippen LogP contribution in [0.5, 0.6) is 0 Å². The SMILES string of the molecule is Cc1ccc(S(=O)(=O)c2cncc(Br)c2)cn1. The van der Waals surface area contributed by atoms with Crippen molar-refractivity contribution in [2.75, 3.05) is 0 Å². The second kappa shape index (κ2) is 4.54. The molecule has 17 heavy (non-hydrogen) atoms. The van der Waals surface area contributed by atoms with E-state index in [9.17, 15) is 8.42 Å². The zero-order chi connectivity index (χ0) is 12.5. The van der Waals surface area contributed by atoms with E-state index in [0.29, 0.717) is 4.47 Å². The summed E-state index contributed by atoms with van der Waals surface area (Å²) in [4.78, 5) is 8.15.